The molecular formula is C22H20N8O8S4. The lowest BCUT2D eigenvalue weighted by atomic mass is 10.1. The van der Waals surface area contributed by atoms with Crippen LogP contribution in [0, 0.1) is 0 Å². The van der Waals surface area contributed by atoms with E-state index in [1.165, 1.54) is 48.8 Å². The number of nitrogens with zero attached hydrogens (tertiary/aromatic N) is 4. The molecule has 0 aliphatic heterocycles. The Morgan fingerprint density at radius 3 is 1.48 bits per heavy atom. The average molecular weight is 653 g/mol. The molecule has 4 aromatic rings. The van der Waals surface area contributed by atoms with Crippen LogP contribution in [0.5, 0.6) is 0 Å². The van der Waals surface area contributed by atoms with Gasteiger partial charge in [0.25, 0.3) is 20.2 Å². The second kappa shape index (κ2) is 13.3. The standard InChI is InChI=1S/C22H20N8O8S4/c31-19(11-39-21-9-23-29-27-21)25-15-5-3-13(17(7-15)41(33,34)35)1-2-14-4-6-16(8-18(14)42(36,37)38)26-20(32)12-40-22-10-24-30-28-22/h1-10H,11-12H2,(H,25,31)(H,26,32)(H,23,27,29)(H,24,28,30)(H,33,34,35)(H,36,37,38)/b2-1+. The summed E-state index contributed by atoms with van der Waals surface area (Å²) in [4.78, 5) is 23.4. The topological polar surface area (TPSA) is 250 Å². The molecule has 20 heteroatoms. The highest BCUT2D eigenvalue weighted by atomic mass is 32.2. The Kier molecular flexibility index (Phi) is 9.75. The minimum Gasteiger partial charge on any atom is -0.325 e. The summed E-state index contributed by atoms with van der Waals surface area (Å²) < 4.78 is 67.9. The Morgan fingerprint density at radius 1 is 0.738 bits per heavy atom. The Balaban J connectivity index is 1.52. The van der Waals surface area contributed by atoms with Gasteiger partial charge in [0.2, 0.25) is 11.8 Å². The zero-order valence-electron chi connectivity index (χ0n) is 21.0. The Bertz CT molecular complexity index is 1690. The number of carbonyl (C=O) groups excluding carboxylic acids is 2. The van der Waals surface area contributed by atoms with E-state index in [2.05, 4.69) is 41.5 Å². The van der Waals surface area contributed by atoms with E-state index in [0.29, 0.717) is 10.1 Å². The van der Waals surface area contributed by atoms with Crippen molar-refractivity contribution >= 4 is 79.1 Å². The summed E-state index contributed by atoms with van der Waals surface area (Å²) in [6.45, 7) is 0. The van der Waals surface area contributed by atoms with E-state index in [-0.39, 0.29) is 34.0 Å². The van der Waals surface area contributed by atoms with Gasteiger partial charge in [-0.2, -0.15) is 37.5 Å². The number of amides is 2. The number of carbonyl (C=O) groups is 2. The van der Waals surface area contributed by atoms with Gasteiger partial charge in [-0.3, -0.25) is 18.7 Å². The van der Waals surface area contributed by atoms with Crippen molar-refractivity contribution in [3.8, 4) is 0 Å². The highest BCUT2D eigenvalue weighted by Gasteiger charge is 2.19. The van der Waals surface area contributed by atoms with Crippen LogP contribution in [0.2, 0.25) is 0 Å². The summed E-state index contributed by atoms with van der Waals surface area (Å²) in [6.07, 6.45) is 5.25. The molecule has 0 unspecified atom stereocenters. The number of H-pyrrole nitrogens is 2. The SMILES string of the molecule is O=C(CSc1cn[nH]n1)Nc1ccc(/C=C/c2ccc(NC(=O)CSc3cn[nH]n3)cc2S(=O)(=O)O)c(S(=O)(=O)O)c1. The van der Waals surface area contributed by atoms with Crippen molar-refractivity contribution in [2.45, 2.75) is 19.8 Å². The van der Waals surface area contributed by atoms with Crippen molar-refractivity contribution in [2.24, 2.45) is 0 Å². The normalized spacial score (nSPS) is 12.0. The molecule has 0 radical (unpaired) electrons. The van der Waals surface area contributed by atoms with Crippen molar-refractivity contribution in [2.75, 3.05) is 22.1 Å². The first-order valence-corrected chi connectivity index (χ1v) is 16.2. The van der Waals surface area contributed by atoms with Crippen molar-refractivity contribution in [1.29, 1.82) is 0 Å². The summed E-state index contributed by atoms with van der Waals surface area (Å²) in [5.74, 6) is -1.06. The van der Waals surface area contributed by atoms with E-state index >= 15 is 0 Å². The van der Waals surface area contributed by atoms with E-state index in [0.717, 1.165) is 35.7 Å². The van der Waals surface area contributed by atoms with Crippen LogP contribution in [0.25, 0.3) is 12.2 Å². The van der Waals surface area contributed by atoms with Crippen LogP contribution in [0.3, 0.4) is 0 Å². The number of thioether (sulfide) groups is 2. The number of nitrogens with one attached hydrogen (secondary N) is 4. The van der Waals surface area contributed by atoms with E-state index in [1.807, 2.05) is 0 Å². The summed E-state index contributed by atoms with van der Waals surface area (Å²) >= 11 is 2.17. The van der Waals surface area contributed by atoms with Gasteiger partial charge in [0.1, 0.15) is 19.8 Å². The zero-order valence-corrected chi connectivity index (χ0v) is 24.2. The third kappa shape index (κ3) is 8.71. The average Bonchev–Trinajstić information content (AvgIpc) is 3.64. The molecule has 0 spiro atoms. The van der Waals surface area contributed by atoms with Gasteiger partial charge in [0.15, 0.2) is 0 Å². The van der Waals surface area contributed by atoms with Crippen LogP contribution in [0.15, 0.2) is 68.6 Å². The van der Waals surface area contributed by atoms with Gasteiger partial charge in [-0.15, -0.1) is 10.2 Å². The molecule has 2 aromatic carbocycles. The second-order valence-electron chi connectivity index (χ2n) is 8.08. The fraction of sp³-hybridized carbons (Fsp3) is 0.0909. The van der Waals surface area contributed by atoms with Gasteiger partial charge in [0, 0.05) is 11.4 Å². The number of hydrogen-bond acceptors (Lipinski definition) is 12. The summed E-state index contributed by atoms with van der Waals surface area (Å²) in [5.41, 5.74) is 0.0592. The molecular weight excluding hydrogens is 633 g/mol. The highest BCUT2D eigenvalue weighted by Crippen LogP contribution is 2.27. The number of benzene rings is 2. The van der Waals surface area contributed by atoms with Gasteiger partial charge in [-0.1, -0.05) is 47.8 Å². The van der Waals surface area contributed by atoms with Crippen LogP contribution in [0.4, 0.5) is 11.4 Å². The molecule has 6 N–H and O–H groups in total. The lowest BCUT2D eigenvalue weighted by molar-refractivity contribution is -0.114. The number of aromatic nitrogens is 6. The van der Waals surface area contributed by atoms with E-state index in [1.54, 1.807) is 0 Å². The molecule has 0 atom stereocenters. The van der Waals surface area contributed by atoms with E-state index in [9.17, 15) is 35.5 Å². The molecule has 0 bridgehead atoms. The van der Waals surface area contributed by atoms with Crippen molar-refractivity contribution in [3.63, 3.8) is 0 Å². The molecule has 4 rings (SSSR count). The maximum atomic E-state index is 12.2. The molecule has 0 saturated carbocycles. The third-order valence-corrected chi connectivity index (χ3v) is 8.70. The fourth-order valence-electron chi connectivity index (χ4n) is 3.32. The molecule has 2 amide bonds. The molecule has 0 saturated heterocycles. The molecule has 16 nitrogen and oxygen atoms in total. The van der Waals surface area contributed by atoms with Crippen LogP contribution >= 0.6 is 23.5 Å². The second-order valence-corrected chi connectivity index (χ2v) is 12.9. The predicted octanol–water partition coefficient (Wildman–Crippen LogP) is 2.05. The largest absolute Gasteiger partial charge is 0.325 e. The number of rotatable bonds is 12. The van der Waals surface area contributed by atoms with Gasteiger partial charge in [0.05, 0.1) is 23.9 Å². The van der Waals surface area contributed by atoms with Crippen LogP contribution < -0.4 is 10.6 Å². The predicted molar refractivity (Wildman–Crippen MR) is 153 cm³/mol. The quantitative estimate of drug-likeness (QED) is 0.0728. The smallest absolute Gasteiger partial charge is 0.295 e. The zero-order chi connectivity index (χ0) is 30.3. The molecule has 2 heterocycles. The lowest BCUT2D eigenvalue weighted by Crippen LogP contribution is -2.15. The molecule has 2 aromatic heterocycles. The maximum Gasteiger partial charge on any atom is 0.295 e. The fourth-order valence-corrected chi connectivity index (χ4v) is 5.91. The van der Waals surface area contributed by atoms with Crippen LogP contribution in [0.1, 0.15) is 11.1 Å². The molecule has 0 fully saturated rings. The summed E-state index contributed by atoms with van der Waals surface area (Å²) in [6, 6.07) is 7.40. The Morgan fingerprint density at radius 2 is 1.14 bits per heavy atom. The number of aromatic amines is 2. The minimum atomic E-state index is -4.78. The number of anilines is 2. The first-order chi connectivity index (χ1) is 19.9. The monoisotopic (exact) mass is 652 g/mol. The van der Waals surface area contributed by atoms with Gasteiger partial charge in [-0.05, 0) is 35.4 Å². The van der Waals surface area contributed by atoms with Crippen LogP contribution in [-0.2, 0) is 29.8 Å². The molecule has 0 aliphatic carbocycles. The van der Waals surface area contributed by atoms with Crippen molar-refractivity contribution < 1.29 is 35.5 Å². The van der Waals surface area contributed by atoms with Gasteiger partial charge < -0.3 is 10.6 Å². The van der Waals surface area contributed by atoms with Gasteiger partial charge in [-0.25, -0.2) is 0 Å². The molecule has 42 heavy (non-hydrogen) atoms. The lowest BCUT2D eigenvalue weighted by Gasteiger charge is -2.10. The molecule has 220 valence electrons. The van der Waals surface area contributed by atoms with Gasteiger partial charge >= 0.3 is 0 Å². The Labute approximate surface area is 246 Å². The first-order valence-electron chi connectivity index (χ1n) is 11.4. The molecule has 0 aliphatic rings. The summed E-state index contributed by atoms with van der Waals surface area (Å²) in [7, 11) is -9.56. The van der Waals surface area contributed by atoms with E-state index < -0.39 is 41.8 Å². The van der Waals surface area contributed by atoms with Crippen LogP contribution in [-0.4, -0.2) is 80.1 Å². The summed E-state index contributed by atoms with van der Waals surface area (Å²) in [5, 5.41) is 25.6. The number of hydrogen-bond donors (Lipinski definition) is 6. The Hall–Kier alpha value is -4.08. The van der Waals surface area contributed by atoms with Crippen molar-refractivity contribution in [3.05, 3.63) is 59.9 Å². The maximum absolute atomic E-state index is 12.2. The minimum absolute atomic E-state index is 0.0454. The highest BCUT2D eigenvalue weighted by molar-refractivity contribution is 8.00. The first kappa shape index (κ1) is 30.9. The van der Waals surface area contributed by atoms with Crippen molar-refractivity contribution in [1.82, 2.24) is 30.8 Å². The van der Waals surface area contributed by atoms with E-state index in [4.69, 9.17) is 0 Å². The third-order valence-electron chi connectivity index (χ3n) is 5.08.